The van der Waals surface area contributed by atoms with Gasteiger partial charge in [-0.15, -0.1) is 0 Å². The first-order valence-electron chi connectivity index (χ1n) is 2.07. The van der Waals surface area contributed by atoms with E-state index in [1.165, 1.54) is 6.92 Å². The van der Waals surface area contributed by atoms with Crippen LogP contribution in [-0.4, -0.2) is 18.4 Å². The Balaban J connectivity index is 3.13. The molecule has 3 heteroatoms. The topological polar surface area (TPSA) is 29.1 Å². The van der Waals surface area contributed by atoms with E-state index >= 15 is 0 Å². The predicted molar refractivity (Wildman–Crippen MR) is 34.7 cm³/mol. The van der Waals surface area contributed by atoms with E-state index in [4.69, 9.17) is 0 Å². The molecule has 0 aromatic rings. The van der Waals surface area contributed by atoms with E-state index in [1.807, 2.05) is 12.5 Å². The van der Waals surface area contributed by atoms with Gasteiger partial charge < -0.3 is 4.72 Å². The molecule has 0 spiro atoms. The molecule has 7 heavy (non-hydrogen) atoms. The molecule has 0 heterocycles. The number of amides is 1. The SMILES string of the molecule is CC(=O)N[SH](C)C. The second kappa shape index (κ2) is 2.91. The van der Waals surface area contributed by atoms with Crippen molar-refractivity contribution >= 4 is 17.0 Å². The summed E-state index contributed by atoms with van der Waals surface area (Å²) >= 11 is -0.239. The smallest absolute Gasteiger partial charge is 0.225 e. The molecule has 0 aliphatic rings. The molecular formula is C4H11NOS. The van der Waals surface area contributed by atoms with Crippen LogP contribution in [0.4, 0.5) is 0 Å². The molecule has 0 saturated heterocycles. The lowest BCUT2D eigenvalue weighted by atomic mass is 10.8. The fraction of sp³-hybridized carbons (Fsp3) is 0.750. The molecule has 0 aromatic carbocycles. The van der Waals surface area contributed by atoms with E-state index in [1.54, 1.807) is 0 Å². The average Bonchev–Trinajstić information content (AvgIpc) is 1.27. The zero-order valence-corrected chi connectivity index (χ0v) is 5.75. The first kappa shape index (κ1) is 6.82. The Morgan fingerprint density at radius 2 is 2.00 bits per heavy atom. The maximum Gasteiger partial charge on any atom is 0.225 e. The van der Waals surface area contributed by atoms with Gasteiger partial charge in [0.25, 0.3) is 0 Å². The van der Waals surface area contributed by atoms with Crippen molar-refractivity contribution < 1.29 is 4.79 Å². The van der Waals surface area contributed by atoms with Crippen LogP contribution in [-0.2, 0) is 4.79 Å². The average molecular weight is 121 g/mol. The Bertz CT molecular complexity index is 72.1. The second-order valence-electron chi connectivity index (χ2n) is 1.56. The molecule has 0 fully saturated rings. The standard InChI is InChI=1S/C4H11NOS/c1-4(6)5-7(2)3/h7H,1-3H3,(H,5,6). The third-order valence-corrected chi connectivity index (χ3v) is 1.14. The lowest BCUT2D eigenvalue weighted by molar-refractivity contribution is -0.117. The summed E-state index contributed by atoms with van der Waals surface area (Å²) in [6.07, 6.45) is 3.99. The highest BCUT2D eigenvalue weighted by Crippen LogP contribution is 2.03. The summed E-state index contributed by atoms with van der Waals surface area (Å²) in [7, 11) is 0. The summed E-state index contributed by atoms with van der Waals surface area (Å²) in [6.45, 7) is 1.53. The van der Waals surface area contributed by atoms with E-state index in [9.17, 15) is 4.79 Å². The molecule has 0 unspecified atom stereocenters. The Kier molecular flexibility index (Phi) is 2.83. The fourth-order valence-electron chi connectivity index (χ4n) is 0.315. The molecule has 0 rings (SSSR count). The van der Waals surface area contributed by atoms with E-state index in [2.05, 4.69) is 4.72 Å². The zero-order valence-electron chi connectivity index (χ0n) is 4.86. The van der Waals surface area contributed by atoms with E-state index < -0.39 is 0 Å². The third-order valence-electron chi connectivity index (χ3n) is 0.381. The molecule has 0 saturated carbocycles. The number of thiol groups is 1. The van der Waals surface area contributed by atoms with Crippen LogP contribution in [0.25, 0.3) is 0 Å². The van der Waals surface area contributed by atoms with Crippen molar-refractivity contribution in [3.63, 3.8) is 0 Å². The van der Waals surface area contributed by atoms with Gasteiger partial charge in [-0.3, -0.25) is 4.79 Å². The normalized spacial score (nSPS) is 10.4. The van der Waals surface area contributed by atoms with Crippen molar-refractivity contribution in [2.24, 2.45) is 0 Å². The van der Waals surface area contributed by atoms with Gasteiger partial charge in [-0.1, -0.05) is 0 Å². The summed E-state index contributed by atoms with van der Waals surface area (Å²) in [5, 5.41) is 0. The highest BCUT2D eigenvalue weighted by atomic mass is 32.2. The van der Waals surface area contributed by atoms with Crippen molar-refractivity contribution in [3.8, 4) is 0 Å². The number of carbonyl (C=O) groups is 1. The molecule has 0 aliphatic carbocycles. The highest BCUT2D eigenvalue weighted by Gasteiger charge is 1.86. The Morgan fingerprint density at radius 1 is 1.57 bits per heavy atom. The summed E-state index contributed by atoms with van der Waals surface area (Å²) in [5.74, 6) is 0.0658. The molecular weight excluding hydrogens is 110 g/mol. The third kappa shape index (κ3) is 5.82. The minimum atomic E-state index is -0.239. The van der Waals surface area contributed by atoms with E-state index in [-0.39, 0.29) is 17.0 Å². The zero-order chi connectivity index (χ0) is 5.86. The monoisotopic (exact) mass is 121 g/mol. The fourth-order valence-corrected chi connectivity index (χ4v) is 0.945. The summed E-state index contributed by atoms with van der Waals surface area (Å²) in [4.78, 5) is 10.2. The van der Waals surface area contributed by atoms with Crippen LogP contribution in [0.3, 0.4) is 0 Å². The number of hydrogen-bond acceptors (Lipinski definition) is 1. The molecule has 1 N–H and O–H groups in total. The van der Waals surface area contributed by atoms with Gasteiger partial charge >= 0.3 is 0 Å². The van der Waals surface area contributed by atoms with Gasteiger partial charge in [0, 0.05) is 6.92 Å². The molecule has 0 aliphatic heterocycles. The Labute approximate surface area is 46.8 Å². The molecule has 0 bridgehead atoms. The second-order valence-corrected chi connectivity index (χ2v) is 3.57. The predicted octanol–water partition coefficient (Wildman–Crippen LogP) is 0.298. The molecule has 2 nitrogen and oxygen atoms in total. The lowest BCUT2D eigenvalue weighted by Gasteiger charge is -2.07. The van der Waals surface area contributed by atoms with Gasteiger partial charge in [-0.25, -0.2) is 0 Å². The Morgan fingerprint density at radius 3 is 2.00 bits per heavy atom. The summed E-state index contributed by atoms with van der Waals surface area (Å²) in [5.41, 5.74) is 0. The number of hydrogen-bond donors (Lipinski definition) is 2. The largest absolute Gasteiger partial charge is 0.322 e. The van der Waals surface area contributed by atoms with Crippen molar-refractivity contribution in [3.05, 3.63) is 0 Å². The van der Waals surface area contributed by atoms with Gasteiger partial charge in [0.1, 0.15) is 0 Å². The van der Waals surface area contributed by atoms with Gasteiger partial charge in [0.2, 0.25) is 5.91 Å². The van der Waals surface area contributed by atoms with Gasteiger partial charge in [0.15, 0.2) is 0 Å². The number of rotatable bonds is 1. The quantitative estimate of drug-likeness (QED) is 0.480. The summed E-state index contributed by atoms with van der Waals surface area (Å²) in [6, 6.07) is 0. The van der Waals surface area contributed by atoms with E-state index in [0.29, 0.717) is 0 Å². The maximum absolute atomic E-state index is 10.2. The van der Waals surface area contributed by atoms with Crippen molar-refractivity contribution in [2.45, 2.75) is 6.92 Å². The minimum absolute atomic E-state index is 0.0658. The molecule has 0 atom stereocenters. The van der Waals surface area contributed by atoms with Crippen LogP contribution in [0.15, 0.2) is 0 Å². The molecule has 1 amide bonds. The van der Waals surface area contributed by atoms with E-state index in [0.717, 1.165) is 0 Å². The van der Waals surface area contributed by atoms with Crippen molar-refractivity contribution in [2.75, 3.05) is 12.5 Å². The minimum Gasteiger partial charge on any atom is -0.322 e. The van der Waals surface area contributed by atoms with Crippen LogP contribution in [0.1, 0.15) is 6.92 Å². The molecule has 0 aromatic heterocycles. The van der Waals surface area contributed by atoms with Crippen LogP contribution in [0, 0.1) is 0 Å². The molecule has 44 valence electrons. The lowest BCUT2D eigenvalue weighted by Crippen LogP contribution is -2.14. The number of nitrogens with one attached hydrogen (secondary N) is 1. The van der Waals surface area contributed by atoms with Crippen LogP contribution < -0.4 is 4.72 Å². The van der Waals surface area contributed by atoms with Crippen LogP contribution in [0.2, 0.25) is 0 Å². The highest BCUT2D eigenvalue weighted by molar-refractivity contribution is 8.14. The van der Waals surface area contributed by atoms with Gasteiger partial charge in [-0.2, -0.15) is 11.1 Å². The summed E-state index contributed by atoms with van der Waals surface area (Å²) < 4.78 is 2.73. The molecule has 0 radical (unpaired) electrons. The first-order valence-corrected chi connectivity index (χ1v) is 4.31. The van der Waals surface area contributed by atoms with Crippen molar-refractivity contribution in [1.82, 2.24) is 4.72 Å². The first-order chi connectivity index (χ1) is 3.13. The van der Waals surface area contributed by atoms with Gasteiger partial charge in [-0.05, 0) is 12.5 Å². The maximum atomic E-state index is 10.2. The Hall–Kier alpha value is -0.180. The van der Waals surface area contributed by atoms with Crippen LogP contribution >= 0.6 is 11.1 Å². The van der Waals surface area contributed by atoms with Crippen molar-refractivity contribution in [1.29, 1.82) is 0 Å². The number of carbonyl (C=O) groups excluding carboxylic acids is 1. The van der Waals surface area contributed by atoms with Gasteiger partial charge in [0.05, 0.1) is 0 Å². The van der Waals surface area contributed by atoms with Crippen LogP contribution in [0.5, 0.6) is 0 Å².